The molecule has 0 fully saturated rings. The summed E-state index contributed by atoms with van der Waals surface area (Å²) in [6.45, 7) is 0.178. The highest BCUT2D eigenvalue weighted by molar-refractivity contribution is 7.17. The lowest BCUT2D eigenvalue weighted by atomic mass is 10.1. The highest BCUT2D eigenvalue weighted by Crippen LogP contribution is 2.30. The van der Waals surface area contributed by atoms with E-state index in [4.69, 9.17) is 0 Å². The Morgan fingerprint density at radius 3 is 2.62 bits per heavy atom. The molecule has 0 aliphatic heterocycles. The van der Waals surface area contributed by atoms with Crippen molar-refractivity contribution in [3.05, 3.63) is 82.1 Å². The molecule has 0 unspecified atom stereocenters. The van der Waals surface area contributed by atoms with E-state index >= 15 is 0 Å². The molecule has 0 atom stereocenters. The van der Waals surface area contributed by atoms with Gasteiger partial charge in [0.05, 0.1) is 16.6 Å². The van der Waals surface area contributed by atoms with Crippen molar-refractivity contribution in [1.29, 1.82) is 0 Å². The zero-order valence-electron chi connectivity index (χ0n) is 13.2. The maximum absolute atomic E-state index is 13.6. The van der Waals surface area contributed by atoms with Crippen LogP contribution >= 0.6 is 11.3 Å². The van der Waals surface area contributed by atoms with Crippen molar-refractivity contribution in [2.75, 3.05) is 5.32 Å². The molecule has 0 amide bonds. The van der Waals surface area contributed by atoms with Gasteiger partial charge in [0.1, 0.15) is 5.82 Å². The maximum Gasteiger partial charge on any atom is 0.416 e. The first-order chi connectivity index (χ1) is 12.3. The largest absolute Gasteiger partial charge is 0.416 e. The first-order valence-corrected chi connectivity index (χ1v) is 8.31. The molecule has 0 radical (unpaired) electrons. The van der Waals surface area contributed by atoms with Gasteiger partial charge in [-0.1, -0.05) is 41.7 Å². The fourth-order valence-electron chi connectivity index (χ4n) is 2.25. The summed E-state index contributed by atoms with van der Waals surface area (Å²) in [5.41, 5.74) is -0.511. The lowest BCUT2D eigenvalue weighted by Gasteiger charge is -2.07. The summed E-state index contributed by atoms with van der Waals surface area (Å²) in [4.78, 5) is 16.6. The normalized spacial score (nSPS) is 11.4. The van der Waals surface area contributed by atoms with Gasteiger partial charge in [-0.2, -0.15) is 13.2 Å². The van der Waals surface area contributed by atoms with Crippen molar-refractivity contribution in [2.45, 2.75) is 12.7 Å². The van der Waals surface area contributed by atoms with Gasteiger partial charge in [0.15, 0.2) is 5.13 Å². The summed E-state index contributed by atoms with van der Waals surface area (Å²) >= 11 is 0.999. The number of nitrogens with one attached hydrogen (secondary N) is 1. The number of benzene rings is 2. The Hall–Kier alpha value is -2.74. The summed E-state index contributed by atoms with van der Waals surface area (Å²) in [6, 6.07) is 10.5. The smallest absolute Gasteiger partial charge is 0.357 e. The molecule has 8 heteroatoms. The van der Waals surface area contributed by atoms with Gasteiger partial charge in [0, 0.05) is 17.7 Å². The number of carbonyl (C=O) groups excluding carboxylic acids is 1. The minimum atomic E-state index is -4.52. The number of anilines is 1. The Kier molecular flexibility index (Phi) is 5.03. The summed E-state index contributed by atoms with van der Waals surface area (Å²) in [6.07, 6.45) is -3.23. The Balaban J connectivity index is 1.73. The molecule has 0 aliphatic carbocycles. The van der Waals surface area contributed by atoms with Gasteiger partial charge in [0.2, 0.25) is 5.78 Å². The van der Waals surface area contributed by atoms with Crippen molar-refractivity contribution in [3.8, 4) is 0 Å². The van der Waals surface area contributed by atoms with Crippen LogP contribution in [0.25, 0.3) is 0 Å². The summed E-state index contributed by atoms with van der Waals surface area (Å²) in [7, 11) is 0. The predicted molar refractivity (Wildman–Crippen MR) is 90.7 cm³/mol. The number of thiazole rings is 1. The fraction of sp³-hybridized carbons (Fsp3) is 0.111. The number of aromatic nitrogens is 1. The second-order valence-corrected chi connectivity index (χ2v) is 6.41. The van der Waals surface area contributed by atoms with E-state index in [1.165, 1.54) is 24.4 Å². The van der Waals surface area contributed by atoms with E-state index in [-0.39, 0.29) is 22.8 Å². The van der Waals surface area contributed by atoms with E-state index < -0.39 is 17.5 Å². The lowest BCUT2D eigenvalue weighted by Crippen LogP contribution is -2.07. The molecule has 0 spiro atoms. The molecule has 26 heavy (non-hydrogen) atoms. The zero-order valence-corrected chi connectivity index (χ0v) is 14.0. The quantitative estimate of drug-likeness (QED) is 0.492. The van der Waals surface area contributed by atoms with Crippen LogP contribution in [0.15, 0.2) is 54.7 Å². The summed E-state index contributed by atoms with van der Waals surface area (Å²) in [5.74, 6) is -0.913. The maximum atomic E-state index is 13.6. The molecule has 1 aromatic heterocycles. The first kappa shape index (κ1) is 18.1. The molecule has 134 valence electrons. The zero-order chi connectivity index (χ0) is 18.7. The van der Waals surface area contributed by atoms with E-state index in [2.05, 4.69) is 10.3 Å². The van der Waals surface area contributed by atoms with Crippen LogP contribution in [0.1, 0.15) is 26.4 Å². The van der Waals surface area contributed by atoms with Gasteiger partial charge in [-0.25, -0.2) is 9.37 Å². The third-order valence-electron chi connectivity index (χ3n) is 3.57. The van der Waals surface area contributed by atoms with Crippen LogP contribution in [0, 0.1) is 5.82 Å². The summed E-state index contributed by atoms with van der Waals surface area (Å²) in [5, 5.41) is 3.28. The van der Waals surface area contributed by atoms with Crippen LogP contribution in [-0.2, 0) is 12.7 Å². The first-order valence-electron chi connectivity index (χ1n) is 7.49. The van der Waals surface area contributed by atoms with Crippen LogP contribution in [0.3, 0.4) is 0 Å². The fourth-order valence-corrected chi connectivity index (χ4v) is 3.03. The topological polar surface area (TPSA) is 42.0 Å². The van der Waals surface area contributed by atoms with Gasteiger partial charge in [-0.05, 0) is 18.2 Å². The van der Waals surface area contributed by atoms with E-state index in [0.717, 1.165) is 23.5 Å². The van der Waals surface area contributed by atoms with E-state index in [9.17, 15) is 22.4 Å². The number of halogens is 4. The number of nitrogens with zero attached hydrogens (tertiary/aromatic N) is 1. The average molecular weight is 380 g/mol. The predicted octanol–water partition coefficient (Wildman–Crippen LogP) is 5.14. The third kappa shape index (κ3) is 4.08. The number of alkyl halides is 3. The third-order valence-corrected chi connectivity index (χ3v) is 4.52. The Bertz CT molecular complexity index is 937. The van der Waals surface area contributed by atoms with Crippen molar-refractivity contribution in [2.24, 2.45) is 0 Å². The minimum absolute atomic E-state index is 0.0656. The Labute approximate surface area is 150 Å². The van der Waals surface area contributed by atoms with Crippen molar-refractivity contribution in [3.63, 3.8) is 0 Å². The van der Waals surface area contributed by atoms with Gasteiger partial charge in [-0.15, -0.1) is 0 Å². The van der Waals surface area contributed by atoms with Crippen LogP contribution in [0.2, 0.25) is 0 Å². The van der Waals surface area contributed by atoms with E-state index in [0.29, 0.717) is 10.7 Å². The molecule has 1 N–H and O–H groups in total. The molecular formula is C18H12F4N2OS. The second kappa shape index (κ2) is 7.25. The molecule has 0 saturated heterocycles. The molecule has 3 rings (SSSR count). The Morgan fingerprint density at radius 1 is 1.12 bits per heavy atom. The van der Waals surface area contributed by atoms with Crippen molar-refractivity contribution in [1.82, 2.24) is 4.98 Å². The number of rotatable bonds is 5. The number of carbonyl (C=O) groups is 1. The van der Waals surface area contributed by atoms with E-state index in [1.807, 2.05) is 0 Å². The molecule has 0 bridgehead atoms. The second-order valence-electron chi connectivity index (χ2n) is 5.38. The van der Waals surface area contributed by atoms with Gasteiger partial charge >= 0.3 is 6.18 Å². The monoisotopic (exact) mass is 380 g/mol. The molecule has 1 heterocycles. The van der Waals surface area contributed by atoms with Gasteiger partial charge < -0.3 is 5.32 Å². The standard InChI is InChI=1S/C18H12F4N2OS/c19-14-7-2-1-4-12(14)9-23-17-24-10-15(26-17)16(25)11-5-3-6-13(8-11)18(20,21)22/h1-8,10H,9H2,(H,23,24). The highest BCUT2D eigenvalue weighted by atomic mass is 32.1. The van der Waals surface area contributed by atoms with Crippen molar-refractivity contribution < 1.29 is 22.4 Å². The number of hydrogen-bond donors (Lipinski definition) is 1. The van der Waals surface area contributed by atoms with Gasteiger partial charge in [0.25, 0.3) is 0 Å². The number of hydrogen-bond acceptors (Lipinski definition) is 4. The molecule has 3 nitrogen and oxygen atoms in total. The highest BCUT2D eigenvalue weighted by Gasteiger charge is 2.31. The lowest BCUT2D eigenvalue weighted by molar-refractivity contribution is -0.137. The molecule has 0 aliphatic rings. The minimum Gasteiger partial charge on any atom is -0.357 e. The number of ketones is 1. The molecule has 2 aromatic carbocycles. The molecule has 3 aromatic rings. The Morgan fingerprint density at radius 2 is 1.88 bits per heavy atom. The van der Waals surface area contributed by atoms with E-state index in [1.54, 1.807) is 18.2 Å². The van der Waals surface area contributed by atoms with Crippen LogP contribution in [0.5, 0.6) is 0 Å². The van der Waals surface area contributed by atoms with Crippen LogP contribution in [-0.4, -0.2) is 10.8 Å². The van der Waals surface area contributed by atoms with Crippen LogP contribution in [0.4, 0.5) is 22.7 Å². The SMILES string of the molecule is O=C(c1cccc(C(F)(F)F)c1)c1cnc(NCc2ccccc2F)s1. The van der Waals surface area contributed by atoms with Crippen LogP contribution < -0.4 is 5.32 Å². The molecular weight excluding hydrogens is 368 g/mol. The van der Waals surface area contributed by atoms with Crippen molar-refractivity contribution >= 4 is 22.3 Å². The average Bonchev–Trinajstić information content (AvgIpc) is 3.09. The van der Waals surface area contributed by atoms with Gasteiger partial charge in [-0.3, -0.25) is 4.79 Å². The molecule has 0 saturated carbocycles. The summed E-state index contributed by atoms with van der Waals surface area (Å²) < 4.78 is 51.9.